The predicted octanol–water partition coefficient (Wildman–Crippen LogP) is 3.01. The summed E-state index contributed by atoms with van der Waals surface area (Å²) in [5.41, 5.74) is -5.17. The van der Waals surface area contributed by atoms with Gasteiger partial charge in [-0.05, 0) is 32.0 Å². The summed E-state index contributed by atoms with van der Waals surface area (Å²) >= 11 is 0. The van der Waals surface area contributed by atoms with Gasteiger partial charge < -0.3 is 15.3 Å². The summed E-state index contributed by atoms with van der Waals surface area (Å²) < 4.78 is 84.1. The Hall–Kier alpha value is -3.94. The van der Waals surface area contributed by atoms with Crippen LogP contribution in [-0.2, 0) is 4.79 Å². The highest BCUT2D eigenvalue weighted by Crippen LogP contribution is 2.29. The molecule has 1 amide bonds. The first kappa shape index (κ1) is 27.1. The first-order valence-corrected chi connectivity index (χ1v) is 11.1. The third kappa shape index (κ3) is 5.21. The minimum Gasteiger partial charge on any atom is -0.383 e. The van der Waals surface area contributed by atoms with E-state index in [0.717, 1.165) is 36.9 Å². The second kappa shape index (κ2) is 9.42. The molecule has 202 valence electrons. The number of para-hydroxylation sites is 1. The lowest BCUT2D eigenvalue weighted by Crippen LogP contribution is -2.47. The van der Waals surface area contributed by atoms with Crippen LogP contribution in [0.5, 0.6) is 0 Å². The number of alkyl halides is 3. The zero-order valence-electron chi connectivity index (χ0n) is 19.9. The Morgan fingerprint density at radius 1 is 1.13 bits per heavy atom. The molecule has 14 heteroatoms. The number of pyridine rings is 2. The number of fused-ring (bicyclic) bond motifs is 1. The highest BCUT2D eigenvalue weighted by atomic mass is 19.4. The molecule has 1 fully saturated rings. The summed E-state index contributed by atoms with van der Waals surface area (Å²) in [5, 5.41) is 11.2. The van der Waals surface area contributed by atoms with E-state index in [4.69, 9.17) is 0 Å². The van der Waals surface area contributed by atoms with Crippen molar-refractivity contribution in [3.05, 3.63) is 63.7 Å². The SMILES string of the molecule is CC(C)(CC(F)(F)F)NC(=O)c1cn(-c2c(F)cccc2F)c2nc(N3CC(=O)[C@H](O)C3)c(F)cc2c1=O. The van der Waals surface area contributed by atoms with E-state index in [1.54, 1.807) is 0 Å². The Balaban J connectivity index is 1.95. The van der Waals surface area contributed by atoms with Gasteiger partial charge in [-0.2, -0.15) is 13.2 Å². The molecule has 8 nitrogen and oxygen atoms in total. The number of Topliss-reactive ketones (excluding diaryl/α,β-unsaturated/α-hetero) is 1. The molecular formula is C24H20F6N4O4. The van der Waals surface area contributed by atoms with E-state index in [0.29, 0.717) is 16.8 Å². The van der Waals surface area contributed by atoms with Crippen molar-refractivity contribution in [2.24, 2.45) is 0 Å². The summed E-state index contributed by atoms with van der Waals surface area (Å²) in [6, 6.07) is 3.42. The lowest BCUT2D eigenvalue weighted by molar-refractivity contribution is -0.146. The Morgan fingerprint density at radius 3 is 2.32 bits per heavy atom. The molecule has 1 atom stereocenters. The van der Waals surface area contributed by atoms with Crippen molar-refractivity contribution >= 4 is 28.5 Å². The Morgan fingerprint density at radius 2 is 1.76 bits per heavy atom. The number of benzene rings is 1. The van der Waals surface area contributed by atoms with E-state index in [1.807, 2.05) is 0 Å². The molecule has 1 saturated heterocycles. The number of aliphatic hydroxyl groups excluding tert-OH is 1. The number of β-amino-alcohol motifs (C(OH)–C–C–N with tert-alkyl or cyclic N) is 1. The van der Waals surface area contributed by atoms with Crippen molar-refractivity contribution in [1.82, 2.24) is 14.9 Å². The van der Waals surface area contributed by atoms with Crippen LogP contribution >= 0.6 is 0 Å². The Labute approximate surface area is 210 Å². The van der Waals surface area contributed by atoms with E-state index in [2.05, 4.69) is 10.3 Å². The summed E-state index contributed by atoms with van der Waals surface area (Å²) in [6.07, 6.45) is -6.84. The summed E-state index contributed by atoms with van der Waals surface area (Å²) in [5.74, 6) is -5.88. The van der Waals surface area contributed by atoms with E-state index < -0.39 is 93.5 Å². The van der Waals surface area contributed by atoms with Gasteiger partial charge >= 0.3 is 6.18 Å². The number of rotatable bonds is 5. The molecular weight excluding hydrogens is 522 g/mol. The van der Waals surface area contributed by atoms with Gasteiger partial charge in [-0.1, -0.05) is 6.07 Å². The maximum absolute atomic E-state index is 15.1. The van der Waals surface area contributed by atoms with Gasteiger partial charge in [0.2, 0.25) is 5.43 Å². The second-order valence-corrected chi connectivity index (χ2v) is 9.47. The molecule has 2 N–H and O–H groups in total. The summed E-state index contributed by atoms with van der Waals surface area (Å²) in [7, 11) is 0. The molecule has 0 aliphatic carbocycles. The monoisotopic (exact) mass is 542 g/mol. The van der Waals surface area contributed by atoms with E-state index in [1.165, 1.54) is 0 Å². The van der Waals surface area contributed by atoms with E-state index in [9.17, 15) is 41.4 Å². The second-order valence-electron chi connectivity index (χ2n) is 9.47. The first-order valence-electron chi connectivity index (χ1n) is 11.1. The van der Waals surface area contributed by atoms with Gasteiger partial charge in [0.1, 0.15) is 29.0 Å². The van der Waals surface area contributed by atoms with Crippen LogP contribution in [0.25, 0.3) is 16.7 Å². The molecule has 1 aromatic carbocycles. The highest BCUT2D eigenvalue weighted by Gasteiger charge is 2.38. The van der Waals surface area contributed by atoms with Crippen LogP contribution < -0.4 is 15.6 Å². The number of carbonyl (C=O) groups excluding carboxylic acids is 2. The number of anilines is 1. The van der Waals surface area contributed by atoms with Gasteiger partial charge in [-0.25, -0.2) is 18.2 Å². The minimum absolute atomic E-state index is 0.332. The molecule has 38 heavy (non-hydrogen) atoms. The third-order valence-corrected chi connectivity index (χ3v) is 5.84. The molecule has 0 unspecified atom stereocenters. The number of hydrogen-bond donors (Lipinski definition) is 2. The van der Waals surface area contributed by atoms with Crippen molar-refractivity contribution in [3.63, 3.8) is 0 Å². The van der Waals surface area contributed by atoms with Gasteiger partial charge in [-0.15, -0.1) is 0 Å². The van der Waals surface area contributed by atoms with Crippen LogP contribution in [0.4, 0.5) is 32.2 Å². The van der Waals surface area contributed by atoms with Crippen LogP contribution in [0, 0.1) is 17.5 Å². The molecule has 0 radical (unpaired) electrons. The molecule has 1 aliphatic rings. The van der Waals surface area contributed by atoms with Gasteiger partial charge in [0, 0.05) is 11.7 Å². The maximum atomic E-state index is 15.1. The smallest absolute Gasteiger partial charge is 0.383 e. The largest absolute Gasteiger partial charge is 0.391 e. The molecule has 2 aromatic heterocycles. The summed E-state index contributed by atoms with van der Waals surface area (Å²) in [4.78, 5) is 43.0. The molecule has 4 rings (SSSR count). The number of ketones is 1. The zero-order chi connectivity index (χ0) is 28.2. The molecule has 0 bridgehead atoms. The average Bonchev–Trinajstić information content (AvgIpc) is 3.10. The van der Waals surface area contributed by atoms with Gasteiger partial charge in [0.15, 0.2) is 23.1 Å². The third-order valence-electron chi connectivity index (χ3n) is 5.84. The van der Waals surface area contributed by atoms with Crippen LogP contribution in [0.1, 0.15) is 30.6 Å². The van der Waals surface area contributed by atoms with Gasteiger partial charge in [0.25, 0.3) is 5.91 Å². The number of hydrogen-bond acceptors (Lipinski definition) is 6. The molecule has 3 heterocycles. The fourth-order valence-corrected chi connectivity index (χ4v) is 4.24. The van der Waals surface area contributed by atoms with Crippen LogP contribution in [0.3, 0.4) is 0 Å². The zero-order valence-corrected chi connectivity index (χ0v) is 19.9. The fourth-order valence-electron chi connectivity index (χ4n) is 4.24. The number of nitrogens with zero attached hydrogens (tertiary/aromatic N) is 3. The van der Waals surface area contributed by atoms with Crippen LogP contribution in [0.15, 0.2) is 35.3 Å². The van der Waals surface area contributed by atoms with Crippen molar-refractivity contribution < 1.29 is 41.0 Å². The first-order chi connectivity index (χ1) is 17.6. The van der Waals surface area contributed by atoms with Crippen molar-refractivity contribution in [2.45, 2.75) is 38.1 Å². The topological polar surface area (TPSA) is 105 Å². The fraction of sp³-hybridized carbons (Fsp3) is 0.333. The number of nitrogens with one attached hydrogen (secondary N) is 1. The highest BCUT2D eigenvalue weighted by molar-refractivity contribution is 5.98. The number of carbonyl (C=O) groups is 2. The Bertz CT molecular complexity index is 1500. The standard InChI is InChI=1S/C24H20F6N4O4/c1-23(2,10-24(28,29)30)32-22(38)12-7-34(18-13(25)4-3-5-14(18)26)20-11(19(12)37)6-15(27)21(31-20)33-8-16(35)17(36)9-33/h3-7,16,35H,8-10H2,1-2H3,(H,32,38)/t16-/m1/s1. The van der Waals surface area contributed by atoms with Crippen molar-refractivity contribution in [2.75, 3.05) is 18.0 Å². The molecule has 0 spiro atoms. The number of aromatic nitrogens is 2. The normalized spacial score (nSPS) is 16.4. The number of halogens is 6. The lowest BCUT2D eigenvalue weighted by atomic mass is 9.99. The maximum Gasteiger partial charge on any atom is 0.391 e. The van der Waals surface area contributed by atoms with Gasteiger partial charge in [0.05, 0.1) is 24.9 Å². The van der Waals surface area contributed by atoms with E-state index >= 15 is 4.39 Å². The summed E-state index contributed by atoms with van der Waals surface area (Å²) in [6.45, 7) is 1.37. The lowest BCUT2D eigenvalue weighted by Gasteiger charge is -2.27. The minimum atomic E-state index is -4.66. The van der Waals surface area contributed by atoms with Crippen LogP contribution in [0.2, 0.25) is 0 Å². The predicted molar refractivity (Wildman–Crippen MR) is 123 cm³/mol. The van der Waals surface area contributed by atoms with Gasteiger partial charge in [-0.3, -0.25) is 19.0 Å². The van der Waals surface area contributed by atoms with E-state index in [-0.39, 0.29) is 6.54 Å². The number of amides is 1. The molecule has 0 saturated carbocycles. The molecule has 3 aromatic rings. The number of aliphatic hydroxyl groups is 1. The van der Waals surface area contributed by atoms with Crippen molar-refractivity contribution in [3.8, 4) is 5.69 Å². The average molecular weight is 542 g/mol. The van der Waals surface area contributed by atoms with Crippen LogP contribution in [-0.4, -0.2) is 57.3 Å². The molecule has 1 aliphatic heterocycles. The van der Waals surface area contributed by atoms with Crippen molar-refractivity contribution in [1.29, 1.82) is 0 Å². The quantitative estimate of drug-likeness (QED) is 0.481. The Kier molecular flexibility index (Phi) is 6.72.